The van der Waals surface area contributed by atoms with E-state index >= 15 is 0 Å². The molecule has 57 heavy (non-hydrogen) atoms. The minimum absolute atomic E-state index is 0.176. The summed E-state index contributed by atoms with van der Waals surface area (Å²) < 4.78 is 2.46. The van der Waals surface area contributed by atoms with Gasteiger partial charge in [0.25, 0.3) is 0 Å². The Morgan fingerprint density at radius 3 is 1.86 bits per heavy atom. The highest BCUT2D eigenvalue weighted by molar-refractivity contribution is 6.19. The number of hydrogen-bond donors (Lipinski definition) is 1. The first-order valence-corrected chi connectivity index (χ1v) is 19.7. The first kappa shape index (κ1) is 33.1. The molecule has 3 heteroatoms. The van der Waals surface area contributed by atoms with Crippen LogP contribution < -0.4 is 5.32 Å². The molecule has 0 spiro atoms. The molecular formula is C54H39N3. The SMILES string of the molecule is CC1=CC=CC(c2ccc3ccc(-c4ccc5c6ccc7cc(-c8ccc9ccc(-c%10cccc(C)n%10)cc9c8)ccc7c6n(-c6ccccc6)c5c4)cc3c2)N1. The van der Waals surface area contributed by atoms with Crippen molar-refractivity contribution in [2.24, 2.45) is 0 Å². The second-order valence-corrected chi connectivity index (χ2v) is 15.4. The van der Waals surface area contributed by atoms with Crippen molar-refractivity contribution in [2.75, 3.05) is 0 Å². The van der Waals surface area contributed by atoms with Crippen molar-refractivity contribution < 1.29 is 0 Å². The second kappa shape index (κ2) is 13.2. The van der Waals surface area contributed by atoms with Gasteiger partial charge >= 0.3 is 0 Å². The molecule has 0 fully saturated rings. The maximum Gasteiger partial charge on any atom is 0.0705 e. The summed E-state index contributed by atoms with van der Waals surface area (Å²) in [5, 5.41) is 13.5. The minimum Gasteiger partial charge on any atom is -0.378 e. The van der Waals surface area contributed by atoms with Crippen LogP contribution >= 0.6 is 0 Å². The zero-order chi connectivity index (χ0) is 38.0. The lowest BCUT2D eigenvalue weighted by Gasteiger charge is -2.20. The maximum absolute atomic E-state index is 4.78. The van der Waals surface area contributed by atoms with Crippen LogP contribution in [0.1, 0.15) is 24.2 Å². The van der Waals surface area contributed by atoms with E-state index in [1.54, 1.807) is 0 Å². The lowest BCUT2D eigenvalue weighted by Crippen LogP contribution is -2.19. The van der Waals surface area contributed by atoms with Crippen LogP contribution in [0.5, 0.6) is 0 Å². The van der Waals surface area contributed by atoms with E-state index in [1.165, 1.54) is 87.6 Å². The van der Waals surface area contributed by atoms with Crippen molar-refractivity contribution in [1.82, 2.24) is 14.9 Å². The number of nitrogens with one attached hydrogen (secondary N) is 1. The molecule has 0 amide bonds. The van der Waals surface area contributed by atoms with Gasteiger partial charge in [0.05, 0.1) is 22.8 Å². The van der Waals surface area contributed by atoms with Crippen LogP contribution in [0.25, 0.3) is 93.3 Å². The Bertz CT molecular complexity index is 3290. The molecule has 3 heterocycles. The molecule has 2 aromatic heterocycles. The van der Waals surface area contributed by atoms with Gasteiger partial charge in [-0.25, -0.2) is 0 Å². The standard InChI is InChI=1S/C54H39N3/c1-34-8-6-12-51(55-34)43-20-16-36-14-18-38(29-45(36)31-43)40-22-25-48-42(28-40)24-27-50-49-26-23-41(33-53(49)57(54(48)50)47-10-4-3-5-11-47)39-19-15-37-17-21-44(32-46(37)30-39)52-13-7-9-35(2)56-52/h3-33,52,56H,1-2H3. The van der Waals surface area contributed by atoms with Gasteiger partial charge < -0.3 is 9.88 Å². The van der Waals surface area contributed by atoms with Crippen molar-refractivity contribution in [3.8, 4) is 39.2 Å². The summed E-state index contributed by atoms with van der Waals surface area (Å²) in [6.07, 6.45) is 6.49. The molecule has 1 N–H and O–H groups in total. The highest BCUT2D eigenvalue weighted by Gasteiger charge is 2.17. The van der Waals surface area contributed by atoms with Gasteiger partial charge in [0.2, 0.25) is 0 Å². The van der Waals surface area contributed by atoms with Crippen LogP contribution in [-0.4, -0.2) is 9.55 Å². The Balaban J connectivity index is 1.03. The topological polar surface area (TPSA) is 29.9 Å². The zero-order valence-corrected chi connectivity index (χ0v) is 31.9. The normalized spacial score (nSPS) is 14.1. The lowest BCUT2D eigenvalue weighted by molar-refractivity contribution is 0.705. The van der Waals surface area contributed by atoms with Crippen LogP contribution in [0.3, 0.4) is 0 Å². The Kier molecular flexibility index (Phi) is 7.68. The van der Waals surface area contributed by atoms with E-state index in [9.17, 15) is 0 Å². The Morgan fingerprint density at radius 1 is 0.491 bits per heavy atom. The average molecular weight is 730 g/mol. The first-order chi connectivity index (χ1) is 28.0. The third-order valence-corrected chi connectivity index (χ3v) is 11.7. The molecule has 1 unspecified atom stereocenters. The van der Waals surface area contributed by atoms with Crippen molar-refractivity contribution >= 4 is 54.1 Å². The number of benzene rings is 8. The molecule has 1 atom stereocenters. The molecule has 0 aliphatic carbocycles. The molecule has 0 saturated carbocycles. The van der Waals surface area contributed by atoms with Crippen molar-refractivity contribution in [3.05, 3.63) is 205 Å². The molecule has 1 aliphatic rings. The molecule has 8 aromatic carbocycles. The number of aromatic nitrogens is 2. The van der Waals surface area contributed by atoms with Gasteiger partial charge in [0.1, 0.15) is 0 Å². The number of fused-ring (bicyclic) bond motifs is 7. The van der Waals surface area contributed by atoms with Crippen LogP contribution in [0.4, 0.5) is 0 Å². The molecule has 1 aliphatic heterocycles. The molecule has 10 aromatic rings. The maximum atomic E-state index is 4.78. The van der Waals surface area contributed by atoms with Gasteiger partial charge in [0.15, 0.2) is 0 Å². The minimum atomic E-state index is 0.176. The number of nitrogens with zero attached hydrogens (tertiary/aromatic N) is 2. The number of para-hydroxylation sites is 1. The summed E-state index contributed by atoms with van der Waals surface area (Å²) in [5.41, 5.74) is 14.0. The molecule has 11 rings (SSSR count). The summed E-state index contributed by atoms with van der Waals surface area (Å²) >= 11 is 0. The number of dihydropyridines is 1. The molecule has 0 saturated heterocycles. The number of allylic oxidation sites excluding steroid dienone is 3. The fraction of sp³-hybridized carbons (Fsp3) is 0.0556. The first-order valence-electron chi connectivity index (χ1n) is 19.7. The van der Waals surface area contributed by atoms with Crippen LogP contribution in [0.2, 0.25) is 0 Å². The van der Waals surface area contributed by atoms with Crippen molar-refractivity contribution in [3.63, 3.8) is 0 Å². The fourth-order valence-corrected chi connectivity index (χ4v) is 8.82. The largest absolute Gasteiger partial charge is 0.378 e. The van der Waals surface area contributed by atoms with Crippen LogP contribution in [0.15, 0.2) is 194 Å². The van der Waals surface area contributed by atoms with E-state index < -0.39 is 0 Å². The molecule has 270 valence electrons. The van der Waals surface area contributed by atoms with Gasteiger partial charge in [-0.1, -0.05) is 121 Å². The summed E-state index contributed by atoms with van der Waals surface area (Å²) in [5.74, 6) is 0. The molecule has 0 radical (unpaired) electrons. The molecule has 0 bridgehead atoms. The quantitative estimate of drug-likeness (QED) is 0.191. The number of rotatable bonds is 5. The van der Waals surface area contributed by atoms with E-state index in [4.69, 9.17) is 4.98 Å². The number of pyridine rings is 1. The van der Waals surface area contributed by atoms with Gasteiger partial charge in [-0.05, 0) is 135 Å². The summed E-state index contributed by atoms with van der Waals surface area (Å²) in [6, 6.07) is 62.8. The van der Waals surface area contributed by atoms with Gasteiger partial charge in [-0.2, -0.15) is 0 Å². The Hall–Kier alpha value is -7.23. The van der Waals surface area contributed by atoms with E-state index in [0.29, 0.717) is 0 Å². The average Bonchev–Trinajstić information content (AvgIpc) is 3.60. The van der Waals surface area contributed by atoms with E-state index in [1.807, 2.05) is 13.0 Å². The molecule has 3 nitrogen and oxygen atoms in total. The highest BCUT2D eigenvalue weighted by Crippen LogP contribution is 2.40. The van der Waals surface area contributed by atoms with E-state index in [0.717, 1.165) is 22.6 Å². The fourth-order valence-electron chi connectivity index (χ4n) is 8.82. The monoisotopic (exact) mass is 729 g/mol. The van der Waals surface area contributed by atoms with Crippen LogP contribution in [-0.2, 0) is 0 Å². The zero-order valence-electron chi connectivity index (χ0n) is 31.9. The number of hydrogen-bond acceptors (Lipinski definition) is 2. The van der Waals surface area contributed by atoms with E-state index in [2.05, 4.69) is 199 Å². The summed E-state index contributed by atoms with van der Waals surface area (Å²) in [7, 11) is 0. The van der Waals surface area contributed by atoms with Crippen LogP contribution in [0, 0.1) is 6.92 Å². The number of aryl methyl sites for hydroxylation is 1. The predicted molar refractivity (Wildman–Crippen MR) is 241 cm³/mol. The second-order valence-electron chi connectivity index (χ2n) is 15.4. The van der Waals surface area contributed by atoms with E-state index in [-0.39, 0.29) is 6.04 Å². The third-order valence-electron chi connectivity index (χ3n) is 11.7. The van der Waals surface area contributed by atoms with Gasteiger partial charge in [-0.15, -0.1) is 0 Å². The van der Waals surface area contributed by atoms with Crippen molar-refractivity contribution in [1.29, 1.82) is 0 Å². The summed E-state index contributed by atoms with van der Waals surface area (Å²) in [4.78, 5) is 4.78. The molecular weight excluding hydrogens is 691 g/mol. The van der Waals surface area contributed by atoms with Gasteiger partial charge in [0, 0.05) is 38.8 Å². The Morgan fingerprint density at radius 2 is 1.11 bits per heavy atom. The smallest absolute Gasteiger partial charge is 0.0705 e. The van der Waals surface area contributed by atoms with Crippen molar-refractivity contribution in [2.45, 2.75) is 19.9 Å². The lowest BCUT2D eigenvalue weighted by atomic mass is 9.96. The third kappa shape index (κ3) is 5.79. The predicted octanol–water partition coefficient (Wildman–Crippen LogP) is 14.1. The summed E-state index contributed by atoms with van der Waals surface area (Å²) in [6.45, 7) is 4.16. The van der Waals surface area contributed by atoms with Gasteiger partial charge in [-0.3, -0.25) is 4.98 Å². The Labute approximate surface area is 331 Å². The highest BCUT2D eigenvalue weighted by atomic mass is 15.0.